The number of aryl methyl sites for hydroxylation is 1. The molecular weight excluding hydrogens is 253 g/mol. The predicted molar refractivity (Wildman–Crippen MR) is 79.1 cm³/mol. The van der Waals surface area contributed by atoms with Gasteiger partial charge in [-0.25, -0.2) is 9.37 Å². The van der Waals surface area contributed by atoms with E-state index in [0.29, 0.717) is 11.5 Å². The quantitative estimate of drug-likeness (QED) is 0.771. The van der Waals surface area contributed by atoms with Crippen LogP contribution >= 0.6 is 0 Å². The van der Waals surface area contributed by atoms with Crippen LogP contribution in [-0.2, 0) is 0 Å². The van der Waals surface area contributed by atoms with Gasteiger partial charge in [-0.3, -0.25) is 0 Å². The van der Waals surface area contributed by atoms with Crippen LogP contribution in [0.1, 0.15) is 24.1 Å². The first-order valence-corrected chi connectivity index (χ1v) is 6.56. The molecule has 2 aromatic carbocycles. The Morgan fingerprint density at radius 2 is 1.95 bits per heavy atom. The molecule has 1 aromatic heterocycles. The highest BCUT2D eigenvalue weighted by molar-refractivity contribution is 5.78. The molecule has 0 bridgehead atoms. The Hall–Kier alpha value is -2.36. The van der Waals surface area contributed by atoms with Crippen LogP contribution in [0.25, 0.3) is 11.0 Å². The van der Waals surface area contributed by atoms with Crippen molar-refractivity contribution in [3.63, 3.8) is 0 Å². The van der Waals surface area contributed by atoms with Crippen molar-refractivity contribution in [2.45, 2.75) is 19.9 Å². The second-order valence-corrected chi connectivity index (χ2v) is 5.01. The summed E-state index contributed by atoms with van der Waals surface area (Å²) in [5, 5.41) is 0. The highest BCUT2D eigenvalue weighted by Crippen LogP contribution is 2.29. The highest BCUT2D eigenvalue weighted by Gasteiger charge is 2.17. The van der Waals surface area contributed by atoms with E-state index >= 15 is 0 Å². The van der Waals surface area contributed by atoms with Gasteiger partial charge in [0.05, 0.1) is 17.1 Å². The van der Waals surface area contributed by atoms with Gasteiger partial charge in [0.25, 0.3) is 0 Å². The van der Waals surface area contributed by atoms with E-state index in [9.17, 15) is 4.39 Å². The Balaban J connectivity index is 2.19. The van der Waals surface area contributed by atoms with Crippen molar-refractivity contribution in [1.29, 1.82) is 0 Å². The van der Waals surface area contributed by atoms with E-state index in [4.69, 9.17) is 5.73 Å². The van der Waals surface area contributed by atoms with E-state index in [0.717, 1.165) is 5.52 Å². The largest absolute Gasteiger partial charge is 0.369 e. The molecule has 1 unspecified atom stereocenters. The lowest BCUT2D eigenvalue weighted by molar-refractivity contribution is 0.628. The van der Waals surface area contributed by atoms with E-state index < -0.39 is 0 Å². The van der Waals surface area contributed by atoms with Crippen LogP contribution in [-0.4, -0.2) is 9.55 Å². The SMILES string of the molecule is Cc1ccccc1C(C)n1c(N)nc2cc(F)ccc21. The summed E-state index contributed by atoms with van der Waals surface area (Å²) in [6.07, 6.45) is 0. The summed E-state index contributed by atoms with van der Waals surface area (Å²) < 4.78 is 15.2. The topological polar surface area (TPSA) is 43.8 Å². The molecule has 0 spiro atoms. The van der Waals surface area contributed by atoms with Crippen LogP contribution in [0.3, 0.4) is 0 Å². The van der Waals surface area contributed by atoms with Gasteiger partial charge in [-0.15, -0.1) is 0 Å². The molecule has 0 amide bonds. The summed E-state index contributed by atoms with van der Waals surface area (Å²) in [4.78, 5) is 4.25. The molecule has 0 saturated heterocycles. The van der Waals surface area contributed by atoms with Crippen molar-refractivity contribution in [1.82, 2.24) is 9.55 Å². The maximum absolute atomic E-state index is 13.3. The molecule has 3 nitrogen and oxygen atoms in total. The second-order valence-electron chi connectivity index (χ2n) is 5.01. The summed E-state index contributed by atoms with van der Waals surface area (Å²) in [6, 6.07) is 12.8. The van der Waals surface area contributed by atoms with Crippen molar-refractivity contribution in [2.75, 3.05) is 5.73 Å². The predicted octanol–water partition coefficient (Wildman–Crippen LogP) is 3.68. The average molecular weight is 269 g/mol. The normalized spacial score (nSPS) is 12.8. The Kier molecular flexibility index (Phi) is 2.93. The molecule has 4 heteroatoms. The highest BCUT2D eigenvalue weighted by atomic mass is 19.1. The molecule has 0 radical (unpaired) electrons. The van der Waals surface area contributed by atoms with Gasteiger partial charge in [0.15, 0.2) is 0 Å². The molecule has 2 N–H and O–H groups in total. The summed E-state index contributed by atoms with van der Waals surface area (Å²) in [7, 11) is 0. The molecular formula is C16H16FN3. The third-order valence-corrected chi connectivity index (χ3v) is 3.70. The molecule has 1 atom stereocenters. The molecule has 1 heterocycles. The zero-order valence-corrected chi connectivity index (χ0v) is 11.5. The van der Waals surface area contributed by atoms with E-state index in [1.54, 1.807) is 6.07 Å². The zero-order chi connectivity index (χ0) is 14.3. The standard InChI is InChI=1S/C16H16FN3/c1-10-5-3-4-6-13(10)11(2)20-15-8-7-12(17)9-14(15)19-16(20)18/h3-9,11H,1-2H3,(H2,18,19). The summed E-state index contributed by atoms with van der Waals surface area (Å²) in [6.45, 7) is 4.14. The van der Waals surface area contributed by atoms with Gasteiger partial charge in [-0.2, -0.15) is 0 Å². The first kappa shape index (κ1) is 12.7. The fourth-order valence-corrected chi connectivity index (χ4v) is 2.69. The maximum Gasteiger partial charge on any atom is 0.201 e. The van der Waals surface area contributed by atoms with Crippen molar-refractivity contribution < 1.29 is 4.39 Å². The van der Waals surface area contributed by atoms with Gasteiger partial charge < -0.3 is 10.3 Å². The first-order chi connectivity index (χ1) is 9.58. The Morgan fingerprint density at radius 3 is 2.70 bits per heavy atom. The lowest BCUT2D eigenvalue weighted by atomic mass is 10.0. The molecule has 0 aliphatic heterocycles. The van der Waals surface area contributed by atoms with Crippen molar-refractivity contribution >= 4 is 17.0 Å². The number of anilines is 1. The Morgan fingerprint density at radius 1 is 1.20 bits per heavy atom. The van der Waals surface area contributed by atoms with E-state index in [2.05, 4.69) is 31.0 Å². The van der Waals surface area contributed by atoms with E-state index in [1.165, 1.54) is 23.3 Å². The number of halogens is 1. The van der Waals surface area contributed by atoms with Crippen molar-refractivity contribution in [3.8, 4) is 0 Å². The van der Waals surface area contributed by atoms with E-state index in [-0.39, 0.29) is 11.9 Å². The number of fused-ring (bicyclic) bond motifs is 1. The van der Waals surface area contributed by atoms with Gasteiger partial charge in [0.1, 0.15) is 5.82 Å². The molecule has 3 rings (SSSR count). The number of nitrogen functional groups attached to an aromatic ring is 1. The van der Waals surface area contributed by atoms with Crippen LogP contribution in [0.4, 0.5) is 10.3 Å². The van der Waals surface area contributed by atoms with Gasteiger partial charge in [0.2, 0.25) is 5.95 Å². The van der Waals surface area contributed by atoms with Crippen LogP contribution in [0.15, 0.2) is 42.5 Å². The second kappa shape index (κ2) is 4.63. The molecule has 0 fully saturated rings. The summed E-state index contributed by atoms with van der Waals surface area (Å²) >= 11 is 0. The fourth-order valence-electron chi connectivity index (χ4n) is 2.69. The Bertz CT molecular complexity index is 776. The van der Waals surface area contributed by atoms with Crippen LogP contribution in [0, 0.1) is 12.7 Å². The summed E-state index contributed by atoms with van der Waals surface area (Å²) in [5.74, 6) is 0.104. The number of imidazole rings is 1. The molecule has 102 valence electrons. The zero-order valence-electron chi connectivity index (χ0n) is 11.5. The number of hydrogen-bond donors (Lipinski definition) is 1. The third-order valence-electron chi connectivity index (χ3n) is 3.70. The van der Waals surface area contributed by atoms with Crippen LogP contribution in [0.2, 0.25) is 0 Å². The monoisotopic (exact) mass is 269 g/mol. The maximum atomic E-state index is 13.3. The molecule has 0 aliphatic rings. The number of nitrogens with two attached hydrogens (primary N) is 1. The number of benzene rings is 2. The number of nitrogens with zero attached hydrogens (tertiary/aromatic N) is 2. The van der Waals surface area contributed by atoms with Crippen molar-refractivity contribution in [2.24, 2.45) is 0 Å². The van der Waals surface area contributed by atoms with Crippen LogP contribution < -0.4 is 5.73 Å². The average Bonchev–Trinajstić information content (AvgIpc) is 2.73. The lowest BCUT2D eigenvalue weighted by Crippen LogP contribution is -2.11. The smallest absolute Gasteiger partial charge is 0.201 e. The number of hydrogen-bond acceptors (Lipinski definition) is 2. The third kappa shape index (κ3) is 1.93. The molecule has 3 aromatic rings. The van der Waals surface area contributed by atoms with Gasteiger partial charge in [0, 0.05) is 6.07 Å². The van der Waals surface area contributed by atoms with Gasteiger partial charge >= 0.3 is 0 Å². The Labute approximate surface area is 116 Å². The van der Waals surface area contributed by atoms with Gasteiger partial charge in [-0.05, 0) is 37.1 Å². The molecule has 20 heavy (non-hydrogen) atoms. The summed E-state index contributed by atoms with van der Waals surface area (Å²) in [5.41, 5.74) is 9.83. The number of aromatic nitrogens is 2. The minimum Gasteiger partial charge on any atom is -0.369 e. The minimum atomic E-state index is -0.300. The molecule has 0 saturated carbocycles. The van der Waals surface area contributed by atoms with Gasteiger partial charge in [-0.1, -0.05) is 24.3 Å². The first-order valence-electron chi connectivity index (χ1n) is 6.56. The minimum absolute atomic E-state index is 0.0478. The lowest BCUT2D eigenvalue weighted by Gasteiger charge is -2.18. The van der Waals surface area contributed by atoms with E-state index in [1.807, 2.05) is 16.7 Å². The fraction of sp³-hybridized carbons (Fsp3) is 0.188. The molecule has 0 aliphatic carbocycles. The number of rotatable bonds is 2. The van der Waals surface area contributed by atoms with Crippen LogP contribution in [0.5, 0.6) is 0 Å². The van der Waals surface area contributed by atoms with Crippen molar-refractivity contribution in [3.05, 3.63) is 59.4 Å².